The Balaban J connectivity index is 2.95. The Bertz CT molecular complexity index is 431. The summed E-state index contributed by atoms with van der Waals surface area (Å²) in [6.45, 7) is 3.85. The molecule has 0 heterocycles. The van der Waals surface area contributed by atoms with Gasteiger partial charge in [-0.05, 0) is 37.1 Å². The van der Waals surface area contributed by atoms with E-state index in [1.165, 1.54) is 0 Å². The normalized spacial score (nSPS) is 9.27. The maximum absolute atomic E-state index is 10.5. The molecule has 0 spiro atoms. The Morgan fingerprint density at radius 2 is 1.93 bits per heavy atom. The number of carbonyl (C=O) groups excluding carboxylic acids is 1. The van der Waals surface area contributed by atoms with Gasteiger partial charge in [0.1, 0.15) is 0 Å². The molecule has 0 fully saturated rings. The number of benzene rings is 1. The van der Waals surface area contributed by atoms with Crippen LogP contribution in [0, 0.1) is 25.7 Å². The highest BCUT2D eigenvalue weighted by atomic mass is 35.5. The molecule has 78 valence electrons. The molecule has 0 bridgehead atoms. The molecule has 1 aromatic rings. The van der Waals surface area contributed by atoms with Crippen molar-refractivity contribution in [1.82, 2.24) is 0 Å². The highest BCUT2D eigenvalue weighted by molar-refractivity contribution is 6.32. The molecule has 0 aliphatic heterocycles. The van der Waals surface area contributed by atoms with Gasteiger partial charge in [0.15, 0.2) is 0 Å². The summed E-state index contributed by atoms with van der Waals surface area (Å²) in [5, 5.41) is 0.760. The second-order valence-corrected chi connectivity index (χ2v) is 3.75. The van der Waals surface area contributed by atoms with Crippen molar-refractivity contribution < 1.29 is 4.79 Å². The molecule has 2 nitrogen and oxygen atoms in total. The lowest BCUT2D eigenvalue weighted by molar-refractivity contribution is -0.117. The van der Waals surface area contributed by atoms with Crippen molar-refractivity contribution in [3.63, 3.8) is 0 Å². The van der Waals surface area contributed by atoms with Gasteiger partial charge >= 0.3 is 0 Å². The van der Waals surface area contributed by atoms with Crippen molar-refractivity contribution in [3.05, 3.63) is 33.8 Å². The van der Waals surface area contributed by atoms with Gasteiger partial charge in [0.25, 0.3) is 0 Å². The van der Waals surface area contributed by atoms with Gasteiger partial charge in [-0.25, -0.2) is 0 Å². The number of aryl methyl sites for hydroxylation is 2. The van der Waals surface area contributed by atoms with Gasteiger partial charge in [0, 0.05) is 10.6 Å². The zero-order valence-electron chi connectivity index (χ0n) is 8.73. The lowest BCUT2D eigenvalue weighted by atomic mass is 10.1. The smallest absolute Gasteiger partial charge is 0.229 e. The molecule has 0 saturated heterocycles. The highest BCUT2D eigenvalue weighted by Gasteiger charge is 2.00. The van der Waals surface area contributed by atoms with Gasteiger partial charge in [-0.1, -0.05) is 23.4 Å². The molecule has 0 aliphatic carbocycles. The minimum absolute atomic E-state index is 0.0840. The SMILES string of the molecule is Cc1cc(C#CCC(N)=O)cc(C)c1Cl. The number of halogens is 1. The van der Waals surface area contributed by atoms with Crippen LogP contribution in [-0.2, 0) is 4.79 Å². The first-order valence-corrected chi connectivity index (χ1v) is 4.92. The Morgan fingerprint density at radius 3 is 2.40 bits per heavy atom. The first-order valence-electron chi connectivity index (χ1n) is 4.54. The third-order valence-corrected chi connectivity index (χ3v) is 2.53. The number of carbonyl (C=O) groups is 1. The second kappa shape index (κ2) is 4.86. The van der Waals surface area contributed by atoms with E-state index in [9.17, 15) is 4.79 Å². The van der Waals surface area contributed by atoms with Gasteiger partial charge in [-0.15, -0.1) is 0 Å². The molecule has 2 N–H and O–H groups in total. The summed E-state index contributed by atoms with van der Waals surface area (Å²) >= 11 is 6.01. The summed E-state index contributed by atoms with van der Waals surface area (Å²) in [6, 6.07) is 3.78. The minimum Gasteiger partial charge on any atom is -0.369 e. The molecule has 0 atom stereocenters. The highest BCUT2D eigenvalue weighted by Crippen LogP contribution is 2.21. The molecule has 1 rings (SSSR count). The van der Waals surface area contributed by atoms with E-state index < -0.39 is 5.91 Å². The molecule has 0 aromatic heterocycles. The van der Waals surface area contributed by atoms with Gasteiger partial charge < -0.3 is 5.73 Å². The van der Waals surface area contributed by atoms with E-state index in [4.69, 9.17) is 17.3 Å². The lowest BCUT2D eigenvalue weighted by Gasteiger charge is -2.02. The Morgan fingerprint density at radius 1 is 1.40 bits per heavy atom. The molecule has 0 unspecified atom stereocenters. The second-order valence-electron chi connectivity index (χ2n) is 3.37. The first-order chi connectivity index (χ1) is 7.00. The van der Waals surface area contributed by atoms with E-state index >= 15 is 0 Å². The van der Waals surface area contributed by atoms with Crippen LogP contribution in [-0.4, -0.2) is 5.91 Å². The molecular formula is C12H12ClNO. The van der Waals surface area contributed by atoms with Gasteiger partial charge in [0.2, 0.25) is 5.91 Å². The topological polar surface area (TPSA) is 43.1 Å². The standard InChI is InChI=1S/C12H12ClNO/c1-8-6-10(4-3-5-11(14)15)7-9(2)12(8)13/h6-7H,5H2,1-2H3,(H2,14,15). The fraction of sp³-hybridized carbons (Fsp3) is 0.250. The van der Waals surface area contributed by atoms with Crippen LogP contribution in [0.4, 0.5) is 0 Å². The van der Waals surface area contributed by atoms with Crippen molar-refractivity contribution in [2.45, 2.75) is 20.3 Å². The maximum Gasteiger partial charge on any atom is 0.229 e. The molecular weight excluding hydrogens is 210 g/mol. The summed E-state index contributed by atoms with van der Waals surface area (Å²) in [5.41, 5.74) is 7.81. The molecule has 0 saturated carbocycles. The van der Waals surface area contributed by atoms with Crippen molar-refractivity contribution in [3.8, 4) is 11.8 Å². The van der Waals surface area contributed by atoms with Gasteiger partial charge in [0.05, 0.1) is 6.42 Å². The summed E-state index contributed by atoms with van der Waals surface area (Å²) in [5.74, 6) is 5.17. The van der Waals surface area contributed by atoms with Crippen LogP contribution < -0.4 is 5.73 Å². The number of hydrogen-bond donors (Lipinski definition) is 1. The van der Waals surface area contributed by atoms with E-state index in [0.717, 1.165) is 21.7 Å². The van der Waals surface area contributed by atoms with Crippen LogP contribution in [0.3, 0.4) is 0 Å². The first kappa shape index (κ1) is 11.6. The summed E-state index contributed by atoms with van der Waals surface area (Å²) in [4.78, 5) is 10.5. The molecule has 0 aliphatic rings. The van der Waals surface area contributed by atoms with Crippen LogP contribution in [0.5, 0.6) is 0 Å². The number of amides is 1. The summed E-state index contributed by atoms with van der Waals surface area (Å²) < 4.78 is 0. The van der Waals surface area contributed by atoms with Crippen molar-refractivity contribution >= 4 is 17.5 Å². The average molecular weight is 222 g/mol. The van der Waals surface area contributed by atoms with Crippen LogP contribution in [0.1, 0.15) is 23.1 Å². The number of hydrogen-bond acceptors (Lipinski definition) is 1. The molecule has 3 heteroatoms. The third kappa shape index (κ3) is 3.30. The number of nitrogens with two attached hydrogens (primary N) is 1. The van der Waals surface area contributed by atoms with Crippen molar-refractivity contribution in [2.75, 3.05) is 0 Å². The van der Waals surface area contributed by atoms with E-state index in [0.29, 0.717) is 0 Å². The van der Waals surface area contributed by atoms with Gasteiger partial charge in [-0.2, -0.15) is 0 Å². The Hall–Kier alpha value is -1.46. The quantitative estimate of drug-likeness (QED) is 0.726. The summed E-state index contributed by atoms with van der Waals surface area (Å²) in [6.07, 6.45) is 0.0840. The number of rotatable bonds is 1. The zero-order chi connectivity index (χ0) is 11.4. The van der Waals surface area contributed by atoms with Crippen molar-refractivity contribution in [1.29, 1.82) is 0 Å². The van der Waals surface area contributed by atoms with E-state index in [-0.39, 0.29) is 6.42 Å². The predicted molar refractivity (Wildman–Crippen MR) is 61.6 cm³/mol. The predicted octanol–water partition coefficient (Wildman–Crippen LogP) is 2.18. The molecule has 0 radical (unpaired) electrons. The van der Waals surface area contributed by atoms with Crippen LogP contribution in [0.25, 0.3) is 0 Å². The average Bonchev–Trinajstić information content (AvgIpc) is 2.13. The van der Waals surface area contributed by atoms with Gasteiger partial charge in [-0.3, -0.25) is 4.79 Å². The zero-order valence-corrected chi connectivity index (χ0v) is 9.48. The van der Waals surface area contributed by atoms with Crippen LogP contribution in [0.15, 0.2) is 12.1 Å². The van der Waals surface area contributed by atoms with E-state index in [1.54, 1.807) is 0 Å². The van der Waals surface area contributed by atoms with Crippen molar-refractivity contribution in [2.24, 2.45) is 5.73 Å². The van der Waals surface area contributed by atoms with Crippen LogP contribution in [0.2, 0.25) is 5.02 Å². The summed E-state index contributed by atoms with van der Waals surface area (Å²) in [7, 11) is 0. The monoisotopic (exact) mass is 221 g/mol. The van der Waals surface area contributed by atoms with E-state index in [1.807, 2.05) is 26.0 Å². The fourth-order valence-electron chi connectivity index (χ4n) is 1.25. The third-order valence-electron chi connectivity index (χ3n) is 1.93. The fourth-order valence-corrected chi connectivity index (χ4v) is 1.36. The molecule has 1 amide bonds. The molecule has 15 heavy (non-hydrogen) atoms. The number of primary amides is 1. The minimum atomic E-state index is -0.412. The van der Waals surface area contributed by atoms with Crippen LogP contribution >= 0.6 is 11.6 Å². The lowest BCUT2D eigenvalue weighted by Crippen LogP contribution is -2.08. The Labute approximate surface area is 94.4 Å². The molecule has 1 aromatic carbocycles. The van der Waals surface area contributed by atoms with E-state index in [2.05, 4.69) is 11.8 Å². The maximum atomic E-state index is 10.5. The largest absolute Gasteiger partial charge is 0.369 e. The Kier molecular flexibility index (Phi) is 3.76.